The first-order valence-electron chi connectivity index (χ1n) is 7.44. The van der Waals surface area contributed by atoms with Crippen molar-refractivity contribution in [1.82, 2.24) is 0 Å². The van der Waals surface area contributed by atoms with Gasteiger partial charge in [0.25, 0.3) is 0 Å². The SMILES string of the molecule is COC(=O)C(C#N)=C1/C(=C/c2cccs2)CC/C1=C\c1cccs1. The molecule has 0 N–H and O–H groups in total. The Morgan fingerprint density at radius 3 is 2.04 bits per heavy atom. The molecule has 1 aliphatic carbocycles. The zero-order chi connectivity index (χ0) is 16.9. The number of hydrogen-bond acceptors (Lipinski definition) is 5. The Morgan fingerprint density at radius 1 is 1.12 bits per heavy atom. The molecule has 0 amide bonds. The van der Waals surface area contributed by atoms with E-state index in [1.807, 2.05) is 41.1 Å². The minimum Gasteiger partial charge on any atom is -0.465 e. The predicted octanol–water partition coefficient (Wildman–Crippen LogP) is 5.06. The van der Waals surface area contributed by atoms with Crippen LogP contribution < -0.4 is 0 Å². The Kier molecular flexibility index (Phi) is 5.09. The van der Waals surface area contributed by atoms with Crippen molar-refractivity contribution in [1.29, 1.82) is 5.26 Å². The first-order valence-corrected chi connectivity index (χ1v) is 9.20. The molecule has 5 heteroatoms. The summed E-state index contributed by atoms with van der Waals surface area (Å²) in [6.07, 6.45) is 5.75. The van der Waals surface area contributed by atoms with Gasteiger partial charge in [-0.05, 0) is 59.0 Å². The van der Waals surface area contributed by atoms with Crippen LogP contribution in [0.4, 0.5) is 0 Å². The highest BCUT2D eigenvalue weighted by molar-refractivity contribution is 7.11. The van der Waals surface area contributed by atoms with Gasteiger partial charge in [0.15, 0.2) is 0 Å². The number of carbonyl (C=O) groups excluding carboxylic acids is 1. The van der Waals surface area contributed by atoms with Gasteiger partial charge in [0.2, 0.25) is 0 Å². The number of nitriles is 1. The predicted molar refractivity (Wildman–Crippen MR) is 98.5 cm³/mol. The van der Waals surface area contributed by atoms with Gasteiger partial charge in [-0.3, -0.25) is 0 Å². The molecule has 3 rings (SSSR count). The zero-order valence-corrected chi connectivity index (χ0v) is 14.7. The molecule has 3 nitrogen and oxygen atoms in total. The molecule has 120 valence electrons. The summed E-state index contributed by atoms with van der Waals surface area (Å²) in [5.74, 6) is -0.580. The van der Waals surface area contributed by atoms with Crippen LogP contribution in [0, 0.1) is 11.3 Å². The summed E-state index contributed by atoms with van der Waals surface area (Å²) < 4.78 is 4.81. The van der Waals surface area contributed by atoms with E-state index in [9.17, 15) is 10.1 Å². The fourth-order valence-corrected chi connectivity index (χ4v) is 4.09. The Balaban J connectivity index is 2.14. The number of esters is 1. The summed E-state index contributed by atoms with van der Waals surface area (Å²) in [6, 6.07) is 10.1. The second kappa shape index (κ2) is 7.43. The van der Waals surface area contributed by atoms with Gasteiger partial charge in [0.1, 0.15) is 11.6 Å². The first-order chi connectivity index (χ1) is 11.7. The van der Waals surface area contributed by atoms with Crippen molar-refractivity contribution in [3.8, 4) is 6.07 Å². The maximum atomic E-state index is 12.1. The van der Waals surface area contributed by atoms with Gasteiger partial charge in [-0.2, -0.15) is 5.26 Å². The summed E-state index contributed by atoms with van der Waals surface area (Å²) in [5, 5.41) is 13.5. The lowest BCUT2D eigenvalue weighted by Crippen LogP contribution is -2.06. The fraction of sp³-hybridized carbons (Fsp3) is 0.158. The van der Waals surface area contributed by atoms with Crippen molar-refractivity contribution >= 4 is 40.8 Å². The van der Waals surface area contributed by atoms with E-state index in [2.05, 4.69) is 12.2 Å². The summed E-state index contributed by atoms with van der Waals surface area (Å²) in [7, 11) is 1.31. The average molecular weight is 353 g/mol. The molecular formula is C19H15NO2S2. The van der Waals surface area contributed by atoms with E-state index in [4.69, 9.17) is 4.74 Å². The minimum atomic E-state index is -0.580. The molecular weight excluding hydrogens is 338 g/mol. The van der Waals surface area contributed by atoms with Gasteiger partial charge in [0, 0.05) is 15.3 Å². The monoisotopic (exact) mass is 353 g/mol. The Labute approximate surface area is 148 Å². The highest BCUT2D eigenvalue weighted by atomic mass is 32.1. The van der Waals surface area contributed by atoms with E-state index in [0.717, 1.165) is 39.3 Å². The molecule has 0 aromatic carbocycles. The molecule has 0 unspecified atom stereocenters. The zero-order valence-electron chi connectivity index (χ0n) is 13.1. The van der Waals surface area contributed by atoms with Crippen molar-refractivity contribution in [2.45, 2.75) is 12.8 Å². The number of rotatable bonds is 3. The molecule has 0 aliphatic heterocycles. The number of ether oxygens (including phenoxy) is 1. The molecule has 0 atom stereocenters. The van der Waals surface area contributed by atoms with Crippen LogP contribution in [-0.2, 0) is 9.53 Å². The van der Waals surface area contributed by atoms with Crippen LogP contribution in [0.3, 0.4) is 0 Å². The van der Waals surface area contributed by atoms with Crippen LogP contribution >= 0.6 is 22.7 Å². The normalized spacial score (nSPS) is 17.2. The number of allylic oxidation sites excluding steroid dienone is 3. The summed E-state index contributed by atoms with van der Waals surface area (Å²) in [4.78, 5) is 14.3. The lowest BCUT2D eigenvalue weighted by molar-refractivity contribution is -0.135. The molecule has 0 saturated heterocycles. The maximum Gasteiger partial charge on any atom is 0.349 e. The summed E-state index contributed by atoms with van der Waals surface area (Å²) in [5.41, 5.74) is 2.84. The van der Waals surface area contributed by atoms with Crippen molar-refractivity contribution in [3.63, 3.8) is 0 Å². The van der Waals surface area contributed by atoms with Gasteiger partial charge < -0.3 is 4.74 Å². The first kappa shape index (κ1) is 16.4. The van der Waals surface area contributed by atoms with Crippen LogP contribution in [0.2, 0.25) is 0 Å². The largest absolute Gasteiger partial charge is 0.465 e. The number of carbonyl (C=O) groups is 1. The smallest absolute Gasteiger partial charge is 0.349 e. The van der Waals surface area contributed by atoms with Crippen molar-refractivity contribution in [3.05, 3.63) is 67.1 Å². The van der Waals surface area contributed by atoms with E-state index >= 15 is 0 Å². The van der Waals surface area contributed by atoms with E-state index in [1.54, 1.807) is 22.7 Å². The second-order valence-corrected chi connectivity index (χ2v) is 7.18. The van der Waals surface area contributed by atoms with Gasteiger partial charge >= 0.3 is 5.97 Å². The fourth-order valence-electron chi connectivity index (χ4n) is 2.73. The third kappa shape index (κ3) is 3.40. The molecule has 2 aromatic heterocycles. The topological polar surface area (TPSA) is 50.1 Å². The van der Waals surface area contributed by atoms with Gasteiger partial charge in [-0.1, -0.05) is 12.1 Å². The van der Waals surface area contributed by atoms with E-state index in [-0.39, 0.29) is 5.57 Å². The Hall–Kier alpha value is -2.42. The van der Waals surface area contributed by atoms with Crippen LogP contribution in [0.1, 0.15) is 22.6 Å². The maximum absolute atomic E-state index is 12.1. The average Bonchev–Trinajstić information content (AvgIpc) is 3.34. The van der Waals surface area contributed by atoms with Gasteiger partial charge in [-0.25, -0.2) is 4.79 Å². The molecule has 24 heavy (non-hydrogen) atoms. The van der Waals surface area contributed by atoms with Crippen LogP contribution in [0.25, 0.3) is 12.2 Å². The molecule has 0 radical (unpaired) electrons. The molecule has 0 bridgehead atoms. The van der Waals surface area contributed by atoms with Gasteiger partial charge in [-0.15, -0.1) is 22.7 Å². The van der Waals surface area contributed by atoms with Gasteiger partial charge in [0.05, 0.1) is 7.11 Å². The molecule has 1 aliphatic rings. The molecule has 1 saturated carbocycles. The second-order valence-electron chi connectivity index (χ2n) is 5.22. The van der Waals surface area contributed by atoms with Crippen molar-refractivity contribution in [2.75, 3.05) is 7.11 Å². The molecule has 2 heterocycles. The minimum absolute atomic E-state index is 0.0839. The summed E-state index contributed by atoms with van der Waals surface area (Å²) >= 11 is 3.27. The number of methoxy groups -OCH3 is 1. The molecule has 2 aromatic rings. The number of nitrogens with zero attached hydrogens (tertiary/aromatic N) is 1. The quantitative estimate of drug-likeness (QED) is 0.440. The highest BCUT2D eigenvalue weighted by Crippen LogP contribution is 2.40. The van der Waals surface area contributed by atoms with E-state index in [1.165, 1.54) is 7.11 Å². The van der Waals surface area contributed by atoms with Crippen molar-refractivity contribution < 1.29 is 9.53 Å². The van der Waals surface area contributed by atoms with E-state index < -0.39 is 5.97 Å². The lowest BCUT2D eigenvalue weighted by Gasteiger charge is -2.07. The van der Waals surface area contributed by atoms with Crippen LogP contribution in [0.5, 0.6) is 0 Å². The van der Waals surface area contributed by atoms with Crippen LogP contribution in [-0.4, -0.2) is 13.1 Å². The highest BCUT2D eigenvalue weighted by Gasteiger charge is 2.27. The van der Waals surface area contributed by atoms with Crippen LogP contribution in [0.15, 0.2) is 57.3 Å². The lowest BCUT2D eigenvalue weighted by atomic mass is 9.99. The molecule has 1 fully saturated rings. The standard InChI is InChI=1S/C19H15NO2S2/c1-22-19(21)17(12-20)18-13(10-15-4-2-8-23-15)6-7-14(18)11-16-5-3-9-24-16/h2-5,8-11H,6-7H2,1H3/b13-10+,14-11+. The summed E-state index contributed by atoms with van der Waals surface area (Å²) in [6.45, 7) is 0. The number of hydrogen-bond donors (Lipinski definition) is 0. The Morgan fingerprint density at radius 2 is 1.67 bits per heavy atom. The molecule has 0 spiro atoms. The van der Waals surface area contributed by atoms with E-state index in [0.29, 0.717) is 0 Å². The third-order valence-corrected chi connectivity index (χ3v) is 5.42. The van der Waals surface area contributed by atoms with Crippen molar-refractivity contribution in [2.24, 2.45) is 0 Å². The number of thiophene rings is 2. The third-order valence-electron chi connectivity index (χ3n) is 3.78. The Bertz CT molecular complexity index is 809.